The van der Waals surface area contributed by atoms with Crippen LogP contribution in [0.5, 0.6) is 0 Å². The van der Waals surface area contributed by atoms with Crippen molar-refractivity contribution in [1.29, 1.82) is 0 Å². The molecule has 0 radical (unpaired) electrons. The van der Waals surface area contributed by atoms with Crippen molar-refractivity contribution in [2.45, 2.75) is 31.5 Å². The zero-order valence-electron chi connectivity index (χ0n) is 9.99. The standard InChI is InChI=1S/C13H18O5/c14-7-3-5-9-4-1-2-6-10(9)13(18)11(15)8-12(16)17/h1-2,4,6,11,13-15,18H,3,5,7-8H2,(H,16,17). The molecule has 1 rings (SSSR count). The zero-order valence-corrected chi connectivity index (χ0v) is 9.99. The average molecular weight is 254 g/mol. The van der Waals surface area contributed by atoms with Crippen LogP contribution in [0.1, 0.15) is 30.1 Å². The highest BCUT2D eigenvalue weighted by atomic mass is 16.4. The molecular weight excluding hydrogens is 236 g/mol. The van der Waals surface area contributed by atoms with Gasteiger partial charge in [0.05, 0.1) is 12.5 Å². The third-order valence-electron chi connectivity index (χ3n) is 2.73. The Kier molecular flexibility index (Phi) is 5.77. The molecule has 0 amide bonds. The Labute approximate surface area is 105 Å². The van der Waals surface area contributed by atoms with E-state index in [0.29, 0.717) is 18.4 Å². The molecular formula is C13H18O5. The molecule has 5 heteroatoms. The average Bonchev–Trinajstić information content (AvgIpc) is 2.35. The van der Waals surface area contributed by atoms with Gasteiger partial charge < -0.3 is 20.4 Å². The lowest BCUT2D eigenvalue weighted by molar-refractivity contribution is -0.141. The van der Waals surface area contributed by atoms with Crippen LogP contribution < -0.4 is 0 Å². The molecule has 0 spiro atoms. The van der Waals surface area contributed by atoms with Gasteiger partial charge in [0.15, 0.2) is 0 Å². The maximum absolute atomic E-state index is 10.5. The summed E-state index contributed by atoms with van der Waals surface area (Å²) in [6.07, 6.45) is -1.94. The van der Waals surface area contributed by atoms with Crippen LogP contribution in [0.15, 0.2) is 24.3 Å². The van der Waals surface area contributed by atoms with Gasteiger partial charge in [0.1, 0.15) is 6.10 Å². The maximum Gasteiger partial charge on any atom is 0.306 e. The van der Waals surface area contributed by atoms with Crippen molar-refractivity contribution in [2.75, 3.05) is 6.61 Å². The molecule has 18 heavy (non-hydrogen) atoms. The van der Waals surface area contributed by atoms with Crippen molar-refractivity contribution in [3.8, 4) is 0 Å². The molecule has 0 bridgehead atoms. The molecule has 0 saturated heterocycles. The van der Waals surface area contributed by atoms with Crippen LogP contribution >= 0.6 is 0 Å². The summed E-state index contributed by atoms with van der Waals surface area (Å²) >= 11 is 0. The third-order valence-corrected chi connectivity index (χ3v) is 2.73. The van der Waals surface area contributed by atoms with E-state index >= 15 is 0 Å². The highest BCUT2D eigenvalue weighted by Gasteiger charge is 2.22. The van der Waals surface area contributed by atoms with E-state index in [4.69, 9.17) is 10.2 Å². The molecule has 100 valence electrons. The number of aliphatic carboxylic acids is 1. The smallest absolute Gasteiger partial charge is 0.306 e. The summed E-state index contributed by atoms with van der Waals surface area (Å²) in [4.78, 5) is 10.5. The summed E-state index contributed by atoms with van der Waals surface area (Å²) in [6.45, 7) is 0.0438. The Bertz CT molecular complexity index is 391. The van der Waals surface area contributed by atoms with Crippen molar-refractivity contribution in [1.82, 2.24) is 0 Å². The van der Waals surface area contributed by atoms with Crippen molar-refractivity contribution in [2.24, 2.45) is 0 Å². The van der Waals surface area contributed by atoms with E-state index in [2.05, 4.69) is 0 Å². The van der Waals surface area contributed by atoms with E-state index in [1.807, 2.05) is 0 Å². The monoisotopic (exact) mass is 254 g/mol. The quantitative estimate of drug-likeness (QED) is 0.567. The molecule has 0 aliphatic heterocycles. The number of carboxylic acid groups (broad SMARTS) is 1. The first-order valence-electron chi connectivity index (χ1n) is 5.83. The predicted octanol–water partition coefficient (Wildman–Crippen LogP) is 0.481. The Hall–Kier alpha value is -1.43. The molecule has 0 fully saturated rings. The first-order chi connectivity index (χ1) is 8.56. The van der Waals surface area contributed by atoms with E-state index in [1.54, 1.807) is 24.3 Å². The number of carboxylic acids is 1. The highest BCUT2D eigenvalue weighted by Crippen LogP contribution is 2.23. The van der Waals surface area contributed by atoms with Crippen molar-refractivity contribution >= 4 is 5.97 Å². The lowest BCUT2D eigenvalue weighted by Gasteiger charge is -2.19. The Balaban J connectivity index is 2.83. The fourth-order valence-corrected chi connectivity index (χ4v) is 1.82. The van der Waals surface area contributed by atoms with Gasteiger partial charge in [-0.05, 0) is 24.0 Å². The van der Waals surface area contributed by atoms with Crippen LogP contribution in [-0.2, 0) is 11.2 Å². The molecule has 2 unspecified atom stereocenters. The van der Waals surface area contributed by atoms with E-state index in [1.165, 1.54) is 0 Å². The molecule has 0 aromatic heterocycles. The number of aryl methyl sites for hydroxylation is 1. The van der Waals surface area contributed by atoms with Crippen LogP contribution in [0.25, 0.3) is 0 Å². The maximum atomic E-state index is 10.5. The Morgan fingerprint density at radius 1 is 1.22 bits per heavy atom. The van der Waals surface area contributed by atoms with Crippen LogP contribution in [-0.4, -0.2) is 39.1 Å². The van der Waals surface area contributed by atoms with Gasteiger partial charge in [-0.3, -0.25) is 4.79 Å². The normalized spacial score (nSPS) is 14.2. The minimum absolute atomic E-state index is 0.0438. The van der Waals surface area contributed by atoms with E-state index in [0.717, 1.165) is 5.56 Å². The Morgan fingerprint density at radius 3 is 2.50 bits per heavy atom. The third kappa shape index (κ3) is 4.10. The molecule has 2 atom stereocenters. The van der Waals surface area contributed by atoms with Gasteiger partial charge in [-0.25, -0.2) is 0 Å². The Morgan fingerprint density at radius 2 is 1.89 bits per heavy atom. The van der Waals surface area contributed by atoms with Crippen LogP contribution in [0.3, 0.4) is 0 Å². The van der Waals surface area contributed by atoms with E-state index in [9.17, 15) is 15.0 Å². The minimum Gasteiger partial charge on any atom is -0.481 e. The molecule has 1 aromatic rings. The lowest BCUT2D eigenvalue weighted by Crippen LogP contribution is -2.22. The summed E-state index contributed by atoms with van der Waals surface area (Å²) in [7, 11) is 0. The van der Waals surface area contributed by atoms with Crippen LogP contribution in [0.2, 0.25) is 0 Å². The highest BCUT2D eigenvalue weighted by molar-refractivity contribution is 5.67. The number of rotatable bonds is 7. The number of hydrogen-bond acceptors (Lipinski definition) is 4. The molecule has 5 nitrogen and oxygen atoms in total. The van der Waals surface area contributed by atoms with Gasteiger partial charge in [-0.2, -0.15) is 0 Å². The van der Waals surface area contributed by atoms with Gasteiger partial charge in [-0.1, -0.05) is 24.3 Å². The SMILES string of the molecule is O=C(O)CC(O)C(O)c1ccccc1CCCO. The summed E-state index contributed by atoms with van der Waals surface area (Å²) in [5.74, 6) is -1.16. The van der Waals surface area contributed by atoms with Gasteiger partial charge in [-0.15, -0.1) is 0 Å². The topological polar surface area (TPSA) is 98.0 Å². The fraction of sp³-hybridized carbons (Fsp3) is 0.462. The minimum atomic E-state index is -1.34. The van der Waals surface area contributed by atoms with Crippen LogP contribution in [0.4, 0.5) is 0 Å². The second kappa shape index (κ2) is 7.10. The number of aliphatic hydroxyl groups excluding tert-OH is 3. The van der Waals surface area contributed by atoms with Crippen molar-refractivity contribution < 1.29 is 25.2 Å². The van der Waals surface area contributed by atoms with Crippen molar-refractivity contribution in [3.05, 3.63) is 35.4 Å². The summed E-state index contributed by atoms with van der Waals surface area (Å²) in [5.41, 5.74) is 1.32. The van der Waals surface area contributed by atoms with Crippen molar-refractivity contribution in [3.63, 3.8) is 0 Å². The first-order valence-corrected chi connectivity index (χ1v) is 5.83. The lowest BCUT2D eigenvalue weighted by atomic mass is 9.95. The first kappa shape index (κ1) is 14.6. The second-order valence-corrected chi connectivity index (χ2v) is 4.14. The predicted molar refractivity (Wildman–Crippen MR) is 65.1 cm³/mol. The van der Waals surface area contributed by atoms with Gasteiger partial charge in [0.25, 0.3) is 0 Å². The summed E-state index contributed by atoms with van der Waals surface area (Å²) in [6, 6.07) is 6.96. The molecule has 0 aliphatic rings. The largest absolute Gasteiger partial charge is 0.481 e. The molecule has 0 heterocycles. The number of hydrogen-bond donors (Lipinski definition) is 4. The summed E-state index contributed by atoms with van der Waals surface area (Å²) in [5, 5.41) is 36.9. The van der Waals surface area contributed by atoms with E-state index < -0.39 is 24.6 Å². The van der Waals surface area contributed by atoms with Gasteiger partial charge in [0, 0.05) is 6.61 Å². The van der Waals surface area contributed by atoms with Gasteiger partial charge >= 0.3 is 5.97 Å². The second-order valence-electron chi connectivity index (χ2n) is 4.14. The van der Waals surface area contributed by atoms with Crippen LogP contribution in [0, 0.1) is 0 Å². The fourth-order valence-electron chi connectivity index (χ4n) is 1.82. The molecule has 1 aromatic carbocycles. The molecule has 0 aliphatic carbocycles. The summed E-state index contributed by atoms with van der Waals surface area (Å²) < 4.78 is 0. The number of aliphatic hydroxyl groups is 3. The molecule has 4 N–H and O–H groups in total. The zero-order chi connectivity index (χ0) is 13.5. The number of benzene rings is 1. The molecule has 0 saturated carbocycles. The number of carbonyl (C=O) groups is 1. The van der Waals surface area contributed by atoms with E-state index in [-0.39, 0.29) is 6.61 Å². The van der Waals surface area contributed by atoms with Gasteiger partial charge in [0.2, 0.25) is 0 Å².